The molecule has 0 aromatic carbocycles. The van der Waals surface area contributed by atoms with Gasteiger partial charge in [0.05, 0.1) is 47.7 Å². The van der Waals surface area contributed by atoms with Gasteiger partial charge in [-0.25, -0.2) is 4.98 Å². The molecule has 70 heavy (non-hydrogen) atoms. The molecule has 17 heteroatoms. The van der Waals surface area contributed by atoms with E-state index < -0.39 is 100 Å². The number of nitrogens with zero attached hydrogens (tertiary/aromatic N) is 3. The van der Waals surface area contributed by atoms with E-state index in [-0.39, 0.29) is 68.7 Å². The maximum absolute atomic E-state index is 14.6. The number of allylic oxidation sites excluding steroid dienone is 5. The Labute approximate surface area is 408 Å². The van der Waals surface area contributed by atoms with Crippen molar-refractivity contribution in [1.29, 1.82) is 0 Å². The number of nitrogens with one attached hydrogen (secondary N) is 1. The summed E-state index contributed by atoms with van der Waals surface area (Å²) in [5.41, 5.74) is 0.139. The zero-order chi connectivity index (χ0) is 51.0. The summed E-state index contributed by atoms with van der Waals surface area (Å²) in [4.78, 5) is 65.1. The number of carbonyl (C=O) groups excluding carboxylic acids is 3. The fraction of sp³-hybridized carbons (Fsp3) is 0.566. The first kappa shape index (κ1) is 50.6. The van der Waals surface area contributed by atoms with Crippen LogP contribution in [0.2, 0.25) is 0 Å². The van der Waals surface area contributed by atoms with E-state index >= 15 is 0 Å². The zero-order valence-electron chi connectivity index (χ0n) is 42.1. The van der Waals surface area contributed by atoms with Crippen LogP contribution in [0.5, 0.6) is 0 Å². The van der Waals surface area contributed by atoms with Gasteiger partial charge in [-0.2, -0.15) is 0 Å². The van der Waals surface area contributed by atoms with Gasteiger partial charge in [-0.15, -0.1) is 0 Å². The Morgan fingerprint density at radius 1 is 0.943 bits per heavy atom. The molecule has 0 radical (unpaired) electrons. The van der Waals surface area contributed by atoms with Gasteiger partial charge in [0.1, 0.15) is 23.3 Å². The van der Waals surface area contributed by atoms with Crippen molar-refractivity contribution in [3.8, 4) is 11.5 Å². The number of ketones is 1. The van der Waals surface area contributed by atoms with Crippen molar-refractivity contribution in [3.63, 3.8) is 0 Å². The molecule has 4 unspecified atom stereocenters. The van der Waals surface area contributed by atoms with E-state index in [9.17, 15) is 39.6 Å². The largest absolute Gasteiger partial charge is 0.509 e. The fourth-order valence-electron chi connectivity index (χ4n) is 11.7. The summed E-state index contributed by atoms with van der Waals surface area (Å²) >= 11 is 0. The maximum atomic E-state index is 14.6. The fourth-order valence-corrected chi connectivity index (χ4v) is 11.7. The predicted molar refractivity (Wildman–Crippen MR) is 259 cm³/mol. The van der Waals surface area contributed by atoms with Crippen LogP contribution in [0, 0.1) is 29.6 Å². The molecule has 0 aromatic heterocycles. The minimum absolute atomic E-state index is 0.00964. The standard InChI is InChI=1S/C53H68N4O13/c1-24-14-13-15-25(2)51(65)55-42-46(63)38-37(41-49(42)69-36-21-33(20-34(59)40(36)54-41)56-22-31-16-17-32(23-56)57(31)52(8,9)10)39-48(29(6)45(38)62)70-53(11,50(39)64)67-19-18-35(66-12)26(3)47(68-30(7)58)28(5)44(61)27(4)43(24)60/h13-15,18-21,24,26-28,31-32,35,37-38,43-44,47,60-61,63-64H,16-17,22-23H2,1-12H3,(H,55,65)/b14-13+,19-18+,25-15-/t24-,26+,27+,28+,31?,32?,35-,37?,38?,43-,44+,47+,53-/m0/s1. The van der Waals surface area contributed by atoms with Crippen LogP contribution in [0.3, 0.4) is 0 Å². The molecule has 5 heterocycles. The molecule has 17 nitrogen and oxygen atoms in total. The summed E-state index contributed by atoms with van der Waals surface area (Å²) in [5.74, 6) is -10.2. The number of aliphatic hydroxyl groups is 4. The number of Topliss-reactive ketones (excluding diaryl/α,β-unsaturated/α-hetero) is 1. The monoisotopic (exact) mass is 968 g/mol. The number of rotatable bonds is 3. The zero-order valence-corrected chi connectivity index (χ0v) is 42.1. The van der Waals surface area contributed by atoms with Crippen LogP contribution < -0.4 is 15.6 Å². The Balaban J connectivity index is 1.27. The molecule has 5 aliphatic heterocycles. The number of aliphatic hydroxyl groups excluding tert-OH is 4. The van der Waals surface area contributed by atoms with Crippen LogP contribution in [0.4, 0.5) is 5.69 Å². The van der Waals surface area contributed by atoms with Gasteiger partial charge in [0, 0.05) is 104 Å². The number of carbonyl (C=O) groups is 3. The second kappa shape index (κ2) is 18.8. The van der Waals surface area contributed by atoms with E-state index in [1.54, 1.807) is 52.8 Å². The summed E-state index contributed by atoms with van der Waals surface area (Å²) in [6.07, 6.45) is 5.75. The van der Waals surface area contributed by atoms with Crippen LogP contribution in [0.15, 0.2) is 85.9 Å². The van der Waals surface area contributed by atoms with Crippen molar-refractivity contribution in [2.24, 2.45) is 29.6 Å². The maximum Gasteiger partial charge on any atom is 0.306 e. The van der Waals surface area contributed by atoms with Crippen LogP contribution in [0.1, 0.15) is 106 Å². The smallest absolute Gasteiger partial charge is 0.306 e. The van der Waals surface area contributed by atoms with Gasteiger partial charge in [0.2, 0.25) is 5.43 Å². The molecule has 5 N–H and O–H groups in total. The molecule has 1 amide bonds. The third kappa shape index (κ3) is 8.76. The normalized spacial score (nSPS) is 36.0. The van der Waals surface area contributed by atoms with E-state index in [0.29, 0.717) is 18.8 Å². The molecule has 2 saturated heterocycles. The van der Waals surface area contributed by atoms with Gasteiger partial charge in [0.25, 0.3) is 5.91 Å². The van der Waals surface area contributed by atoms with Crippen molar-refractivity contribution >= 4 is 29.0 Å². The quantitative estimate of drug-likeness (QED) is 0.212. The Hall–Kier alpha value is -5.75. The molecule has 0 aromatic rings. The number of piperazine rings is 1. The Morgan fingerprint density at radius 3 is 2.24 bits per heavy atom. The van der Waals surface area contributed by atoms with Crippen LogP contribution >= 0.6 is 0 Å². The molecular formula is C53H68N4O13. The first-order chi connectivity index (χ1) is 32.9. The molecule has 0 saturated carbocycles. The number of ether oxygens (including phenoxy) is 4. The highest BCUT2D eigenvalue weighted by Crippen LogP contribution is 2.56. The topological polar surface area (TPSA) is 231 Å². The Morgan fingerprint density at radius 2 is 1.61 bits per heavy atom. The molecule has 378 valence electrons. The SMILES string of the molecule is CO[C@H]1/C=C/O[C@@]2(C)OC3=C(C)C(=O)C4C(O)=C(NC(=O)/C(C)=C\C=C\[C@H](C)[C@H](O)[C@@H](C)[C@@H](O)[C@@H](C)[C@H](OC(C)=O)[C@@H]1C)c1oc5cc(N6CC7CCC(C6)N7C(C)(C)C)cc(=O)c-5nc1C4C3=C2O. The number of aromatic nitrogens is 1. The predicted octanol–water partition coefficient (Wildman–Crippen LogP) is 6.32. The number of methoxy groups -OCH3 is 1. The van der Waals surface area contributed by atoms with E-state index in [2.05, 4.69) is 35.9 Å². The molecule has 8 aliphatic rings. The lowest BCUT2D eigenvalue weighted by molar-refractivity contribution is -0.160. The Kier molecular flexibility index (Phi) is 13.6. The summed E-state index contributed by atoms with van der Waals surface area (Å²) in [6, 6.07) is 3.84. The minimum atomic E-state index is -1.96. The average Bonchev–Trinajstić information content (AvgIpc) is 3.75. The van der Waals surface area contributed by atoms with Crippen molar-refractivity contribution in [2.45, 2.75) is 143 Å². The lowest BCUT2D eigenvalue weighted by Gasteiger charge is -2.48. The first-order valence-corrected chi connectivity index (χ1v) is 24.3. The van der Waals surface area contributed by atoms with Gasteiger partial charge < -0.3 is 54.0 Å². The number of fused-ring (bicyclic) bond motifs is 4. The number of hydrogen-bond donors (Lipinski definition) is 5. The number of hydrogen-bond acceptors (Lipinski definition) is 16. The number of amides is 1. The van der Waals surface area contributed by atoms with E-state index in [4.69, 9.17) is 28.3 Å². The van der Waals surface area contributed by atoms with Gasteiger partial charge in [-0.3, -0.25) is 24.1 Å². The van der Waals surface area contributed by atoms with Gasteiger partial charge in [-0.05, 0) is 53.5 Å². The van der Waals surface area contributed by atoms with Crippen molar-refractivity contribution in [2.75, 3.05) is 25.1 Å². The molecule has 6 bridgehead atoms. The van der Waals surface area contributed by atoms with E-state index in [1.807, 2.05) is 0 Å². The van der Waals surface area contributed by atoms with Crippen molar-refractivity contribution < 1.29 is 58.2 Å². The van der Waals surface area contributed by atoms with Crippen molar-refractivity contribution in [3.05, 3.63) is 98.4 Å². The number of benzene rings is 1. The summed E-state index contributed by atoms with van der Waals surface area (Å²) in [6.45, 7) is 20.7. The summed E-state index contributed by atoms with van der Waals surface area (Å²) in [7, 11) is 1.45. The highest BCUT2D eigenvalue weighted by atomic mass is 16.7. The number of anilines is 1. The molecule has 8 rings (SSSR count). The van der Waals surface area contributed by atoms with Gasteiger partial charge >= 0.3 is 11.8 Å². The van der Waals surface area contributed by atoms with Crippen molar-refractivity contribution in [1.82, 2.24) is 15.2 Å². The first-order valence-electron chi connectivity index (χ1n) is 24.3. The molecule has 3 aliphatic carbocycles. The Bertz CT molecular complexity index is 2660. The molecule has 13 atom stereocenters. The van der Waals surface area contributed by atoms with Crippen LogP contribution in [0.25, 0.3) is 17.2 Å². The highest BCUT2D eigenvalue weighted by Gasteiger charge is 2.58. The summed E-state index contributed by atoms with van der Waals surface area (Å²) < 4.78 is 30.8. The lowest BCUT2D eigenvalue weighted by atomic mass is 9.69. The number of esters is 1. The van der Waals surface area contributed by atoms with Crippen LogP contribution in [-0.2, 0) is 33.3 Å². The molecular weight excluding hydrogens is 901 g/mol. The summed E-state index contributed by atoms with van der Waals surface area (Å²) in [5, 5.41) is 50.5. The van der Waals surface area contributed by atoms with Gasteiger partial charge in [0.15, 0.2) is 28.8 Å². The molecule has 0 spiro atoms. The third-order valence-electron chi connectivity index (χ3n) is 15.5. The second-order valence-corrected chi connectivity index (χ2v) is 21.3. The van der Waals surface area contributed by atoms with Crippen LogP contribution in [-0.4, -0.2) is 116 Å². The van der Waals surface area contributed by atoms with Gasteiger partial charge in [-0.1, -0.05) is 45.9 Å². The molecule has 2 fully saturated rings. The average molecular weight is 969 g/mol. The second-order valence-electron chi connectivity index (χ2n) is 21.3. The third-order valence-corrected chi connectivity index (χ3v) is 15.5. The lowest BCUT2D eigenvalue weighted by Crippen LogP contribution is -2.60. The highest BCUT2D eigenvalue weighted by molar-refractivity contribution is 6.06. The van der Waals surface area contributed by atoms with E-state index in [0.717, 1.165) is 12.8 Å². The van der Waals surface area contributed by atoms with E-state index in [1.165, 1.54) is 52.4 Å². The minimum Gasteiger partial charge on any atom is -0.509 e.